The maximum Gasteiger partial charge on any atom is 0.244 e. The number of hydrogen-bond acceptors (Lipinski definition) is 4. The van der Waals surface area contributed by atoms with Gasteiger partial charge in [-0.3, -0.25) is 5.10 Å². The zero-order valence-corrected chi connectivity index (χ0v) is 15.9. The third-order valence-electron chi connectivity index (χ3n) is 5.02. The number of allylic oxidation sites excluding steroid dienone is 1. The Kier molecular flexibility index (Phi) is 4.33. The van der Waals surface area contributed by atoms with Crippen molar-refractivity contribution in [2.24, 2.45) is 5.73 Å². The number of aromatic amines is 1. The van der Waals surface area contributed by atoms with Crippen LogP contribution in [-0.2, 0) is 0 Å². The second-order valence-corrected chi connectivity index (χ2v) is 7.08. The van der Waals surface area contributed by atoms with E-state index in [1.807, 2.05) is 38.1 Å². The average molecular weight is 395 g/mol. The Hall–Kier alpha value is -3.30. The maximum absolute atomic E-state index is 14.8. The summed E-state index contributed by atoms with van der Waals surface area (Å²) in [5.41, 5.74) is 10.4. The summed E-state index contributed by atoms with van der Waals surface area (Å²) < 4.78 is 20.3. The molecule has 0 saturated heterocycles. The van der Waals surface area contributed by atoms with Gasteiger partial charge >= 0.3 is 0 Å². The van der Waals surface area contributed by atoms with E-state index in [1.165, 1.54) is 12.1 Å². The van der Waals surface area contributed by atoms with Gasteiger partial charge in [-0.2, -0.15) is 5.26 Å². The summed E-state index contributed by atoms with van der Waals surface area (Å²) in [6.45, 7) is 4.02. The highest BCUT2D eigenvalue weighted by atomic mass is 35.5. The molecule has 7 heteroatoms. The van der Waals surface area contributed by atoms with Crippen molar-refractivity contribution < 1.29 is 9.13 Å². The van der Waals surface area contributed by atoms with Crippen LogP contribution in [0, 0.1) is 31.0 Å². The lowest BCUT2D eigenvalue weighted by Crippen LogP contribution is -2.21. The number of nitrogens with one attached hydrogen (secondary N) is 1. The van der Waals surface area contributed by atoms with Gasteiger partial charge in [0.05, 0.1) is 17.2 Å². The number of nitrogens with two attached hydrogens (primary N) is 1. The van der Waals surface area contributed by atoms with Gasteiger partial charge in [0.2, 0.25) is 11.8 Å². The van der Waals surface area contributed by atoms with Crippen LogP contribution in [0.1, 0.15) is 28.2 Å². The molecule has 3 aromatic rings. The zero-order valence-electron chi connectivity index (χ0n) is 15.2. The Bertz CT molecular complexity index is 1160. The van der Waals surface area contributed by atoms with E-state index in [0.717, 1.165) is 16.7 Å². The topological polar surface area (TPSA) is 87.7 Å². The van der Waals surface area contributed by atoms with Gasteiger partial charge < -0.3 is 10.5 Å². The Morgan fingerprint density at radius 1 is 1.21 bits per heavy atom. The van der Waals surface area contributed by atoms with E-state index in [0.29, 0.717) is 11.3 Å². The number of nitriles is 1. The van der Waals surface area contributed by atoms with E-state index in [2.05, 4.69) is 10.2 Å². The smallest absolute Gasteiger partial charge is 0.244 e. The van der Waals surface area contributed by atoms with Crippen molar-refractivity contribution in [3.05, 3.63) is 80.9 Å². The van der Waals surface area contributed by atoms with Gasteiger partial charge in [-0.25, -0.2) is 4.39 Å². The first-order valence-electron chi connectivity index (χ1n) is 8.59. The number of nitrogens with zero attached hydrogens (tertiary/aromatic N) is 2. The highest BCUT2D eigenvalue weighted by Gasteiger charge is 2.38. The number of hydrogen-bond donors (Lipinski definition) is 2. The number of aryl methyl sites for hydroxylation is 2. The van der Waals surface area contributed by atoms with Crippen molar-refractivity contribution >= 4 is 11.6 Å². The van der Waals surface area contributed by atoms with Crippen molar-refractivity contribution in [1.29, 1.82) is 5.26 Å². The minimum Gasteiger partial charge on any atom is -0.420 e. The van der Waals surface area contributed by atoms with Crippen LogP contribution in [0.15, 0.2) is 47.9 Å². The molecule has 1 aliphatic rings. The lowest BCUT2D eigenvalue weighted by molar-refractivity contribution is 0.378. The summed E-state index contributed by atoms with van der Waals surface area (Å²) in [5, 5.41) is 17.1. The number of aromatic nitrogens is 2. The van der Waals surface area contributed by atoms with E-state index < -0.39 is 11.7 Å². The number of fused-ring (bicyclic) bond motifs is 1. The van der Waals surface area contributed by atoms with Crippen LogP contribution < -0.4 is 10.5 Å². The van der Waals surface area contributed by atoms with Crippen molar-refractivity contribution in [3.63, 3.8) is 0 Å². The monoisotopic (exact) mass is 394 g/mol. The van der Waals surface area contributed by atoms with E-state index >= 15 is 0 Å². The van der Waals surface area contributed by atoms with Gasteiger partial charge in [-0.15, -0.1) is 5.10 Å². The molecule has 0 spiro atoms. The fourth-order valence-electron chi connectivity index (χ4n) is 3.44. The summed E-state index contributed by atoms with van der Waals surface area (Å²) in [6.07, 6.45) is 0. The van der Waals surface area contributed by atoms with E-state index in [1.54, 1.807) is 6.07 Å². The molecule has 1 aliphatic heterocycles. The lowest BCUT2D eigenvalue weighted by Gasteiger charge is -2.25. The predicted octanol–water partition coefficient (Wildman–Crippen LogP) is 4.70. The molecule has 0 amide bonds. The van der Waals surface area contributed by atoms with Crippen LogP contribution in [0.2, 0.25) is 5.02 Å². The van der Waals surface area contributed by atoms with Gasteiger partial charge in [-0.05, 0) is 43.2 Å². The second kappa shape index (κ2) is 6.70. The van der Waals surface area contributed by atoms with Crippen LogP contribution in [-0.4, -0.2) is 10.2 Å². The third kappa shape index (κ3) is 2.72. The fourth-order valence-corrected chi connectivity index (χ4v) is 3.71. The molecule has 2 aromatic carbocycles. The molecule has 3 N–H and O–H groups in total. The van der Waals surface area contributed by atoms with Crippen LogP contribution in [0.25, 0.3) is 11.3 Å². The number of halogens is 2. The molecular formula is C21H16ClFN4O. The van der Waals surface area contributed by atoms with Crippen molar-refractivity contribution in [1.82, 2.24) is 10.2 Å². The predicted molar refractivity (Wildman–Crippen MR) is 104 cm³/mol. The average Bonchev–Trinajstić information content (AvgIpc) is 3.07. The van der Waals surface area contributed by atoms with Crippen LogP contribution >= 0.6 is 11.6 Å². The SMILES string of the molecule is Cc1ccc(-c2[nH]nc3c2[C@H](c2c(F)cccc2Cl)C(C#N)=C(N)O3)cc1C. The van der Waals surface area contributed by atoms with Crippen molar-refractivity contribution in [3.8, 4) is 23.2 Å². The fraction of sp³-hybridized carbons (Fsp3) is 0.143. The molecule has 0 radical (unpaired) electrons. The van der Waals surface area contributed by atoms with E-state index in [4.69, 9.17) is 22.1 Å². The molecule has 1 atom stereocenters. The summed E-state index contributed by atoms with van der Waals surface area (Å²) >= 11 is 6.33. The molecule has 4 rings (SSSR count). The first-order valence-corrected chi connectivity index (χ1v) is 8.97. The lowest BCUT2D eigenvalue weighted by atomic mass is 9.82. The highest BCUT2D eigenvalue weighted by Crippen LogP contribution is 2.47. The minimum atomic E-state index is -0.835. The molecule has 1 aromatic heterocycles. The molecule has 0 bridgehead atoms. The van der Waals surface area contributed by atoms with Gasteiger partial charge in [0.15, 0.2) is 0 Å². The molecule has 140 valence electrons. The standard InChI is InChI=1S/C21H16ClFN4O/c1-10-6-7-12(8-11(10)2)19-18-16(17-14(22)4-3-5-15(17)23)13(9-24)20(25)28-21(18)27-26-19/h3-8,16H,25H2,1-2H3,(H,26,27)/t16-/m0/s1. The largest absolute Gasteiger partial charge is 0.420 e. The number of H-pyrrole nitrogens is 1. The Labute approximate surface area is 166 Å². The Morgan fingerprint density at radius 2 is 2.00 bits per heavy atom. The Balaban J connectivity index is 2.01. The Morgan fingerprint density at radius 3 is 2.68 bits per heavy atom. The maximum atomic E-state index is 14.8. The number of rotatable bonds is 2. The zero-order chi connectivity index (χ0) is 20.0. The van der Waals surface area contributed by atoms with Gasteiger partial charge in [0, 0.05) is 16.1 Å². The quantitative estimate of drug-likeness (QED) is 0.659. The molecule has 0 unspecified atom stereocenters. The summed E-state index contributed by atoms with van der Waals surface area (Å²) in [5.74, 6) is -1.28. The van der Waals surface area contributed by atoms with E-state index in [-0.39, 0.29) is 27.9 Å². The van der Waals surface area contributed by atoms with Crippen LogP contribution in [0.4, 0.5) is 4.39 Å². The molecule has 2 heterocycles. The highest BCUT2D eigenvalue weighted by molar-refractivity contribution is 6.31. The van der Waals surface area contributed by atoms with Gasteiger partial charge in [0.1, 0.15) is 17.5 Å². The minimum absolute atomic E-state index is 0.0889. The van der Waals surface area contributed by atoms with Gasteiger partial charge in [0.25, 0.3) is 0 Å². The molecule has 0 fully saturated rings. The summed E-state index contributed by atoms with van der Waals surface area (Å²) in [7, 11) is 0. The molecule has 5 nitrogen and oxygen atoms in total. The molecule has 0 saturated carbocycles. The van der Waals surface area contributed by atoms with Crippen LogP contribution in [0.3, 0.4) is 0 Å². The van der Waals surface area contributed by atoms with Crippen molar-refractivity contribution in [2.75, 3.05) is 0 Å². The summed E-state index contributed by atoms with van der Waals surface area (Å²) in [6, 6.07) is 12.4. The summed E-state index contributed by atoms with van der Waals surface area (Å²) in [4.78, 5) is 0. The first kappa shape index (κ1) is 18.1. The molecule has 0 aliphatic carbocycles. The van der Waals surface area contributed by atoms with Crippen LogP contribution in [0.5, 0.6) is 5.88 Å². The van der Waals surface area contributed by atoms with Crippen molar-refractivity contribution in [2.45, 2.75) is 19.8 Å². The number of benzene rings is 2. The molecule has 28 heavy (non-hydrogen) atoms. The normalized spacial score (nSPS) is 15.8. The first-order chi connectivity index (χ1) is 13.4. The number of ether oxygens (including phenoxy) is 1. The third-order valence-corrected chi connectivity index (χ3v) is 5.35. The van der Waals surface area contributed by atoms with E-state index in [9.17, 15) is 9.65 Å². The molecular weight excluding hydrogens is 379 g/mol. The van der Waals surface area contributed by atoms with Gasteiger partial charge in [-0.1, -0.05) is 29.8 Å². The second-order valence-electron chi connectivity index (χ2n) is 6.68.